The third-order valence-electron chi connectivity index (χ3n) is 9.08. The Kier molecular flexibility index (Phi) is 4.57. The molecule has 0 atom stereocenters. The molecule has 2 heterocycles. The van der Waals surface area contributed by atoms with Gasteiger partial charge in [0.2, 0.25) is 0 Å². The van der Waals surface area contributed by atoms with Crippen LogP contribution in [-0.4, -0.2) is 19.5 Å². The highest BCUT2D eigenvalue weighted by Crippen LogP contribution is 2.49. The third-order valence-corrected chi connectivity index (χ3v) is 9.08. The van der Waals surface area contributed by atoms with Gasteiger partial charge < -0.3 is 4.57 Å². The Morgan fingerprint density at radius 3 is 1.79 bits per heavy atom. The van der Waals surface area contributed by atoms with Crippen molar-refractivity contribution < 1.29 is 6.85 Å². The predicted octanol–water partition coefficient (Wildman–Crippen LogP) is 10.8. The Morgan fingerprint density at radius 1 is 0.404 bits per heavy atom. The summed E-state index contributed by atoms with van der Waals surface area (Å²) < 4.78 is 44.6. The number of benzene rings is 7. The molecule has 2 aromatic heterocycles. The lowest BCUT2D eigenvalue weighted by atomic mass is 9.93. The van der Waals surface area contributed by atoms with Gasteiger partial charge in [-0.3, -0.25) is 0 Å². The standard InChI is InChI=1S/C43H26N4/c1-3-13-28(14-4-1)41-44-42(29-15-5-2-6-16-29)46-43(45-41)34-20-9-10-23-35(34)47-36-24-12-22-33-31-19-8-7-18-30(31)32-21-11-17-27-25-26-37(47)40(38(27)32)39(33)36/h1-26H/i1D,3D,4D,13D,14D. The summed E-state index contributed by atoms with van der Waals surface area (Å²) in [6.07, 6.45) is 0. The van der Waals surface area contributed by atoms with Gasteiger partial charge in [-0.05, 0) is 57.3 Å². The molecule has 218 valence electrons. The first-order valence-electron chi connectivity index (χ1n) is 18.0. The number of hydrogen-bond acceptors (Lipinski definition) is 3. The first-order valence-corrected chi connectivity index (χ1v) is 15.5. The summed E-state index contributed by atoms with van der Waals surface area (Å²) in [5.41, 5.74) is 8.96. The summed E-state index contributed by atoms with van der Waals surface area (Å²) in [6.45, 7) is 0. The first kappa shape index (κ1) is 21.4. The topological polar surface area (TPSA) is 43.6 Å². The summed E-state index contributed by atoms with van der Waals surface area (Å²) in [5, 5.41) is 4.70. The molecule has 0 saturated heterocycles. The zero-order chi connectivity index (χ0) is 35.2. The van der Waals surface area contributed by atoms with Crippen LogP contribution >= 0.6 is 0 Å². The van der Waals surface area contributed by atoms with Gasteiger partial charge in [0.1, 0.15) is 0 Å². The minimum absolute atomic E-state index is 0.00168. The van der Waals surface area contributed by atoms with Crippen molar-refractivity contribution in [3.8, 4) is 62.1 Å². The average molecular weight is 604 g/mol. The number of hydrogen-bond donors (Lipinski definition) is 0. The van der Waals surface area contributed by atoms with Gasteiger partial charge in [-0.25, -0.2) is 15.0 Å². The molecule has 0 fully saturated rings. The van der Waals surface area contributed by atoms with Gasteiger partial charge in [0, 0.05) is 27.5 Å². The molecule has 10 rings (SSSR count). The van der Waals surface area contributed by atoms with E-state index in [2.05, 4.69) is 77.4 Å². The van der Waals surface area contributed by atoms with Gasteiger partial charge in [-0.1, -0.05) is 133 Å². The van der Waals surface area contributed by atoms with E-state index in [1.54, 1.807) is 0 Å². The van der Waals surface area contributed by atoms with Gasteiger partial charge in [0.15, 0.2) is 17.5 Å². The van der Waals surface area contributed by atoms with Crippen molar-refractivity contribution in [1.82, 2.24) is 19.5 Å². The minimum Gasteiger partial charge on any atom is -0.308 e. The summed E-state index contributed by atoms with van der Waals surface area (Å²) in [5.74, 6) is 0.645. The van der Waals surface area contributed by atoms with Crippen LogP contribution in [0.5, 0.6) is 0 Å². The molecule has 9 aromatic rings. The predicted molar refractivity (Wildman–Crippen MR) is 192 cm³/mol. The third kappa shape index (κ3) is 3.85. The molecule has 0 aliphatic heterocycles. The second-order valence-electron chi connectivity index (χ2n) is 11.6. The molecule has 47 heavy (non-hydrogen) atoms. The zero-order valence-corrected chi connectivity index (χ0v) is 24.9. The Morgan fingerprint density at radius 2 is 1.00 bits per heavy atom. The van der Waals surface area contributed by atoms with Gasteiger partial charge in [0.25, 0.3) is 0 Å². The fourth-order valence-corrected chi connectivity index (χ4v) is 7.13. The fourth-order valence-electron chi connectivity index (χ4n) is 7.13. The molecule has 0 spiro atoms. The molecule has 7 aromatic carbocycles. The molecular weight excluding hydrogens is 573 g/mol. The van der Waals surface area contributed by atoms with Crippen LogP contribution in [0.4, 0.5) is 0 Å². The van der Waals surface area contributed by atoms with Crippen molar-refractivity contribution in [3.05, 3.63) is 158 Å². The molecule has 0 bridgehead atoms. The van der Waals surface area contributed by atoms with E-state index in [0.717, 1.165) is 33.1 Å². The second-order valence-corrected chi connectivity index (χ2v) is 11.6. The van der Waals surface area contributed by atoms with Crippen LogP contribution < -0.4 is 0 Å². The van der Waals surface area contributed by atoms with Crippen LogP contribution in [-0.2, 0) is 0 Å². The normalized spacial score (nSPS) is 13.3. The number of para-hydroxylation sites is 1. The smallest absolute Gasteiger partial charge is 0.166 e. The van der Waals surface area contributed by atoms with Crippen LogP contribution in [0.15, 0.2) is 158 Å². The molecule has 0 amide bonds. The van der Waals surface area contributed by atoms with Crippen LogP contribution in [0.3, 0.4) is 0 Å². The van der Waals surface area contributed by atoms with Gasteiger partial charge in [-0.15, -0.1) is 0 Å². The first-order chi connectivity index (χ1) is 25.4. The highest BCUT2D eigenvalue weighted by atomic mass is 15.1. The van der Waals surface area contributed by atoms with Gasteiger partial charge >= 0.3 is 0 Å². The Bertz CT molecular complexity index is 2940. The molecule has 1 aliphatic rings. The van der Waals surface area contributed by atoms with Crippen molar-refractivity contribution in [2.45, 2.75) is 0 Å². The van der Waals surface area contributed by atoms with Crippen molar-refractivity contribution >= 4 is 32.6 Å². The van der Waals surface area contributed by atoms with E-state index >= 15 is 0 Å². The Hall–Kier alpha value is -6.39. The number of rotatable bonds is 4. The van der Waals surface area contributed by atoms with E-state index < -0.39 is 18.1 Å². The lowest BCUT2D eigenvalue weighted by Gasteiger charge is -2.16. The second kappa shape index (κ2) is 10.1. The molecule has 0 saturated carbocycles. The molecule has 1 aliphatic carbocycles. The highest BCUT2D eigenvalue weighted by Gasteiger charge is 2.25. The summed E-state index contributed by atoms with van der Waals surface area (Å²) in [4.78, 5) is 14.6. The van der Waals surface area contributed by atoms with E-state index in [9.17, 15) is 0 Å². The molecule has 0 unspecified atom stereocenters. The molecule has 0 radical (unpaired) electrons. The fraction of sp³-hybridized carbons (Fsp3) is 0. The van der Waals surface area contributed by atoms with E-state index in [-0.39, 0.29) is 23.5 Å². The largest absolute Gasteiger partial charge is 0.308 e. The molecule has 4 heteroatoms. The molecular formula is C43H26N4. The van der Waals surface area contributed by atoms with Crippen LogP contribution in [0.1, 0.15) is 6.85 Å². The van der Waals surface area contributed by atoms with E-state index in [0.29, 0.717) is 22.8 Å². The summed E-state index contributed by atoms with van der Waals surface area (Å²) in [7, 11) is 0. The van der Waals surface area contributed by atoms with Crippen molar-refractivity contribution in [3.63, 3.8) is 0 Å². The van der Waals surface area contributed by atoms with Crippen LogP contribution in [0, 0.1) is 0 Å². The van der Waals surface area contributed by atoms with E-state index in [1.807, 2.05) is 54.6 Å². The van der Waals surface area contributed by atoms with Crippen LogP contribution in [0.25, 0.3) is 94.7 Å². The summed E-state index contributed by atoms with van der Waals surface area (Å²) in [6, 6.07) is 41.1. The van der Waals surface area contributed by atoms with Crippen molar-refractivity contribution in [2.75, 3.05) is 0 Å². The Balaban J connectivity index is 1.30. The van der Waals surface area contributed by atoms with Crippen molar-refractivity contribution in [1.29, 1.82) is 0 Å². The molecule has 4 nitrogen and oxygen atoms in total. The quantitative estimate of drug-likeness (QED) is 0.201. The van der Waals surface area contributed by atoms with Crippen molar-refractivity contribution in [2.24, 2.45) is 0 Å². The maximum absolute atomic E-state index is 8.74. The van der Waals surface area contributed by atoms with Gasteiger partial charge in [-0.2, -0.15) is 0 Å². The lowest BCUT2D eigenvalue weighted by Crippen LogP contribution is -2.03. The summed E-state index contributed by atoms with van der Waals surface area (Å²) >= 11 is 0. The maximum atomic E-state index is 8.74. The number of fused-ring (bicyclic) bond motifs is 3. The molecule has 0 N–H and O–H groups in total. The monoisotopic (exact) mass is 603 g/mol. The maximum Gasteiger partial charge on any atom is 0.166 e. The highest BCUT2D eigenvalue weighted by molar-refractivity contribution is 6.30. The average Bonchev–Trinajstić information content (AvgIpc) is 3.47. The van der Waals surface area contributed by atoms with E-state index in [4.69, 9.17) is 21.8 Å². The zero-order valence-electron chi connectivity index (χ0n) is 29.9. The Labute approximate surface area is 278 Å². The van der Waals surface area contributed by atoms with E-state index in [1.165, 1.54) is 27.5 Å². The minimum atomic E-state index is -0.473. The number of aromatic nitrogens is 4. The lowest BCUT2D eigenvalue weighted by molar-refractivity contribution is 1.06. The number of nitrogens with zero attached hydrogens (tertiary/aromatic N) is 4. The van der Waals surface area contributed by atoms with Crippen LogP contribution in [0.2, 0.25) is 0 Å². The SMILES string of the molecule is [2H]c1c([2H])c([2H])c(-c2nc(-c3ccccc3)nc(-c3ccccc3-n3c4cccc5c4c4c6c(cccc6ccc43)-c3ccccc3-5)n2)c([2H])c1[2H]. The van der Waals surface area contributed by atoms with Gasteiger partial charge in [0.05, 0.1) is 23.6 Å².